The monoisotopic (exact) mass is 376 g/mol. The molecule has 1 aromatic heterocycles. The van der Waals surface area contributed by atoms with Crippen LogP contribution in [0.3, 0.4) is 0 Å². The molecule has 0 atom stereocenters. The molecule has 2 nitrogen and oxygen atoms in total. The van der Waals surface area contributed by atoms with Crippen molar-refractivity contribution in [1.29, 1.82) is 0 Å². The Kier molecular flexibility index (Phi) is 3.95. The number of benzene rings is 1. The lowest BCUT2D eigenvalue weighted by Crippen LogP contribution is -2.02. The molecule has 1 aromatic carbocycles. The Hall–Kier alpha value is -0.320. The lowest BCUT2D eigenvalue weighted by atomic mass is 10.2. The lowest BCUT2D eigenvalue weighted by molar-refractivity contribution is 0.826. The van der Waals surface area contributed by atoms with E-state index < -0.39 is 0 Å². The minimum atomic E-state index is 0.727. The van der Waals surface area contributed by atoms with Crippen LogP contribution in [0.1, 0.15) is 17.0 Å². The fourth-order valence-corrected chi connectivity index (χ4v) is 2.65. The van der Waals surface area contributed by atoms with Crippen molar-refractivity contribution in [3.63, 3.8) is 0 Å². The van der Waals surface area contributed by atoms with E-state index in [1.807, 2.05) is 30.7 Å². The van der Waals surface area contributed by atoms with E-state index in [2.05, 4.69) is 43.0 Å². The van der Waals surface area contributed by atoms with Gasteiger partial charge in [-0.2, -0.15) is 5.10 Å². The molecule has 0 saturated heterocycles. The van der Waals surface area contributed by atoms with Crippen LogP contribution < -0.4 is 0 Å². The summed E-state index contributed by atoms with van der Waals surface area (Å²) in [5, 5.41) is 5.98. The molecule has 0 fully saturated rings. The first-order valence-electron chi connectivity index (χ1n) is 5.11. The number of aromatic nitrogens is 2. The zero-order valence-corrected chi connectivity index (χ0v) is 13.4. The summed E-state index contributed by atoms with van der Waals surface area (Å²) >= 11 is 13.2. The number of hydrogen-bond donors (Lipinski definition) is 0. The lowest BCUT2D eigenvalue weighted by Gasteiger charge is -2.10. The van der Waals surface area contributed by atoms with Crippen LogP contribution in [0.15, 0.2) is 22.7 Å². The zero-order chi connectivity index (χ0) is 12.6. The molecule has 0 aliphatic heterocycles. The summed E-state index contributed by atoms with van der Waals surface area (Å²) in [5.74, 6) is 0. The molecule has 0 N–H and O–H groups in total. The minimum Gasteiger partial charge on any atom is -0.236 e. The standard InChI is InChI=1S/C12H11Br2ClN2/c1-7-12(15)8(2)17(16-7)11-5-10(14)4-3-9(11)6-13/h3-5H,6H2,1-2H3. The Morgan fingerprint density at radius 1 is 1.35 bits per heavy atom. The second-order valence-corrected chi connectivity index (χ2v) is 5.66. The Balaban J connectivity index is 2.67. The van der Waals surface area contributed by atoms with Crippen molar-refractivity contribution in [2.75, 3.05) is 0 Å². The third-order valence-electron chi connectivity index (χ3n) is 2.62. The van der Waals surface area contributed by atoms with Crippen LogP contribution in [0.4, 0.5) is 0 Å². The Morgan fingerprint density at radius 2 is 2.06 bits per heavy atom. The highest BCUT2D eigenvalue weighted by molar-refractivity contribution is 9.10. The van der Waals surface area contributed by atoms with Crippen molar-refractivity contribution in [2.45, 2.75) is 19.2 Å². The highest BCUT2D eigenvalue weighted by Crippen LogP contribution is 2.27. The Bertz CT molecular complexity index is 564. The molecule has 0 saturated carbocycles. The van der Waals surface area contributed by atoms with Crippen LogP contribution in [0.5, 0.6) is 0 Å². The summed E-state index contributed by atoms with van der Waals surface area (Å²) in [5.41, 5.74) is 4.04. The summed E-state index contributed by atoms with van der Waals surface area (Å²) in [7, 11) is 0. The molecule has 2 aromatic rings. The first-order valence-corrected chi connectivity index (χ1v) is 7.40. The molecule has 17 heavy (non-hydrogen) atoms. The highest BCUT2D eigenvalue weighted by atomic mass is 79.9. The predicted molar refractivity (Wildman–Crippen MR) is 78.4 cm³/mol. The van der Waals surface area contributed by atoms with Crippen molar-refractivity contribution >= 4 is 43.5 Å². The third-order valence-corrected chi connectivity index (χ3v) is 4.27. The van der Waals surface area contributed by atoms with Gasteiger partial charge in [0.25, 0.3) is 0 Å². The van der Waals surface area contributed by atoms with E-state index >= 15 is 0 Å². The number of rotatable bonds is 2. The summed E-state index contributed by atoms with van der Waals surface area (Å²) in [6.07, 6.45) is 0. The molecular weight excluding hydrogens is 367 g/mol. The average Bonchev–Trinajstić information content (AvgIpc) is 2.57. The normalized spacial score (nSPS) is 10.9. The maximum absolute atomic E-state index is 6.18. The van der Waals surface area contributed by atoms with Gasteiger partial charge in [0, 0.05) is 9.80 Å². The highest BCUT2D eigenvalue weighted by Gasteiger charge is 2.13. The molecule has 90 valence electrons. The van der Waals surface area contributed by atoms with E-state index in [-0.39, 0.29) is 0 Å². The van der Waals surface area contributed by atoms with Gasteiger partial charge >= 0.3 is 0 Å². The molecule has 0 radical (unpaired) electrons. The quantitative estimate of drug-likeness (QED) is 0.687. The molecular formula is C12H11Br2ClN2. The van der Waals surface area contributed by atoms with Gasteiger partial charge in [0.05, 0.1) is 22.1 Å². The fourth-order valence-electron chi connectivity index (χ4n) is 1.71. The molecule has 0 spiro atoms. The molecule has 0 amide bonds. The molecule has 5 heteroatoms. The topological polar surface area (TPSA) is 17.8 Å². The van der Waals surface area contributed by atoms with Crippen LogP contribution in [-0.4, -0.2) is 9.78 Å². The van der Waals surface area contributed by atoms with Crippen molar-refractivity contribution in [3.05, 3.63) is 44.6 Å². The fraction of sp³-hybridized carbons (Fsp3) is 0.250. The first-order chi connectivity index (χ1) is 8.04. The van der Waals surface area contributed by atoms with Gasteiger partial charge in [0.15, 0.2) is 0 Å². The van der Waals surface area contributed by atoms with E-state index in [0.29, 0.717) is 0 Å². The van der Waals surface area contributed by atoms with Gasteiger partial charge in [0.1, 0.15) is 0 Å². The average molecular weight is 378 g/mol. The second kappa shape index (κ2) is 5.12. The SMILES string of the molecule is Cc1nn(-c2cc(Br)ccc2CBr)c(C)c1Cl. The number of nitrogens with zero attached hydrogens (tertiary/aromatic N) is 2. The summed E-state index contributed by atoms with van der Waals surface area (Å²) in [6, 6.07) is 6.14. The maximum Gasteiger partial charge on any atom is 0.0848 e. The van der Waals surface area contributed by atoms with Crippen molar-refractivity contribution in [2.24, 2.45) is 0 Å². The van der Waals surface area contributed by atoms with Crippen molar-refractivity contribution < 1.29 is 0 Å². The Morgan fingerprint density at radius 3 is 2.59 bits per heavy atom. The van der Waals surface area contributed by atoms with E-state index in [1.165, 1.54) is 5.56 Å². The molecule has 1 heterocycles. The number of halogens is 3. The smallest absolute Gasteiger partial charge is 0.0848 e. The van der Waals surface area contributed by atoms with E-state index in [0.717, 1.165) is 31.9 Å². The van der Waals surface area contributed by atoms with Gasteiger partial charge in [-0.3, -0.25) is 0 Å². The van der Waals surface area contributed by atoms with Gasteiger partial charge in [-0.05, 0) is 31.5 Å². The van der Waals surface area contributed by atoms with E-state index in [9.17, 15) is 0 Å². The van der Waals surface area contributed by atoms with Crippen LogP contribution in [-0.2, 0) is 5.33 Å². The van der Waals surface area contributed by atoms with E-state index in [4.69, 9.17) is 11.6 Å². The van der Waals surface area contributed by atoms with Gasteiger partial charge in [-0.25, -0.2) is 4.68 Å². The molecule has 0 bridgehead atoms. The number of hydrogen-bond acceptors (Lipinski definition) is 1. The minimum absolute atomic E-state index is 0.727. The summed E-state index contributed by atoms with van der Waals surface area (Å²) < 4.78 is 2.92. The van der Waals surface area contributed by atoms with Gasteiger partial charge in [-0.1, -0.05) is 49.5 Å². The molecule has 0 unspecified atom stereocenters. The molecule has 2 rings (SSSR count). The third kappa shape index (κ3) is 2.44. The van der Waals surface area contributed by atoms with Crippen LogP contribution in [0.25, 0.3) is 5.69 Å². The number of aryl methyl sites for hydroxylation is 1. The summed E-state index contributed by atoms with van der Waals surface area (Å²) in [4.78, 5) is 0. The van der Waals surface area contributed by atoms with Gasteiger partial charge < -0.3 is 0 Å². The largest absolute Gasteiger partial charge is 0.236 e. The van der Waals surface area contributed by atoms with Crippen LogP contribution >= 0.6 is 43.5 Å². The van der Waals surface area contributed by atoms with Gasteiger partial charge in [0.2, 0.25) is 0 Å². The van der Waals surface area contributed by atoms with Crippen molar-refractivity contribution in [1.82, 2.24) is 9.78 Å². The zero-order valence-electron chi connectivity index (χ0n) is 9.47. The summed E-state index contributed by atoms with van der Waals surface area (Å²) in [6.45, 7) is 3.89. The first kappa shape index (κ1) is 13.1. The Labute approximate surface area is 122 Å². The molecule has 0 aliphatic rings. The molecule has 0 aliphatic carbocycles. The van der Waals surface area contributed by atoms with E-state index in [1.54, 1.807) is 0 Å². The van der Waals surface area contributed by atoms with Crippen LogP contribution in [0, 0.1) is 13.8 Å². The number of alkyl halides is 1. The maximum atomic E-state index is 6.18. The van der Waals surface area contributed by atoms with Gasteiger partial charge in [-0.15, -0.1) is 0 Å². The van der Waals surface area contributed by atoms with Crippen LogP contribution in [0.2, 0.25) is 5.02 Å². The van der Waals surface area contributed by atoms with Crippen molar-refractivity contribution in [3.8, 4) is 5.69 Å². The predicted octanol–water partition coefficient (Wildman–Crippen LogP) is 4.80. The second-order valence-electron chi connectivity index (χ2n) is 3.80.